The molecule has 5 heteroatoms. The number of rotatable bonds is 4. The third kappa shape index (κ3) is 3.13. The predicted octanol–water partition coefficient (Wildman–Crippen LogP) is 1.77. The summed E-state index contributed by atoms with van der Waals surface area (Å²) in [5, 5.41) is 3.31. The monoisotopic (exact) mass is 292 g/mol. The average Bonchev–Trinajstić information content (AvgIpc) is 2.53. The van der Waals surface area contributed by atoms with Crippen LogP contribution < -0.4 is 14.8 Å². The maximum Gasteiger partial charge on any atom is 0.257 e. The molecule has 0 spiro atoms. The Bertz CT molecular complexity index is 504. The van der Waals surface area contributed by atoms with E-state index in [0.717, 1.165) is 19.5 Å². The first kappa shape index (κ1) is 15.6. The Morgan fingerprint density at radius 2 is 2.10 bits per heavy atom. The van der Waals surface area contributed by atoms with Crippen molar-refractivity contribution in [1.82, 2.24) is 10.2 Å². The van der Waals surface area contributed by atoms with E-state index >= 15 is 0 Å². The van der Waals surface area contributed by atoms with Crippen LogP contribution in [0.1, 0.15) is 23.7 Å². The van der Waals surface area contributed by atoms with Gasteiger partial charge < -0.3 is 19.7 Å². The van der Waals surface area contributed by atoms with Crippen LogP contribution in [-0.2, 0) is 0 Å². The molecule has 0 radical (unpaired) electrons. The molecule has 0 aromatic heterocycles. The van der Waals surface area contributed by atoms with E-state index in [4.69, 9.17) is 9.47 Å². The quantitative estimate of drug-likeness (QED) is 0.919. The van der Waals surface area contributed by atoms with Gasteiger partial charge in [-0.1, -0.05) is 13.0 Å². The molecule has 2 unspecified atom stereocenters. The summed E-state index contributed by atoms with van der Waals surface area (Å²) in [6, 6.07) is 5.88. The van der Waals surface area contributed by atoms with Crippen LogP contribution >= 0.6 is 0 Å². The van der Waals surface area contributed by atoms with E-state index in [1.165, 1.54) is 0 Å². The molecule has 1 amide bonds. The number of nitrogens with zero attached hydrogens (tertiary/aromatic N) is 1. The van der Waals surface area contributed by atoms with Crippen molar-refractivity contribution in [3.05, 3.63) is 23.8 Å². The molecule has 1 aromatic rings. The van der Waals surface area contributed by atoms with Crippen molar-refractivity contribution in [2.75, 3.05) is 34.4 Å². The Balaban J connectivity index is 2.21. The molecular weight excluding hydrogens is 268 g/mol. The summed E-state index contributed by atoms with van der Waals surface area (Å²) >= 11 is 0. The van der Waals surface area contributed by atoms with Crippen LogP contribution in [0.3, 0.4) is 0 Å². The van der Waals surface area contributed by atoms with Crippen molar-refractivity contribution in [2.45, 2.75) is 19.4 Å². The summed E-state index contributed by atoms with van der Waals surface area (Å²) in [7, 11) is 5.11. The van der Waals surface area contributed by atoms with Crippen molar-refractivity contribution in [2.24, 2.45) is 5.92 Å². The SMILES string of the molecule is CNC1CCN(C(=O)c2cccc(OC)c2OC)CC1C. The lowest BCUT2D eigenvalue weighted by Crippen LogP contribution is -2.49. The van der Waals surface area contributed by atoms with Crippen LogP contribution in [0.4, 0.5) is 0 Å². The minimum atomic E-state index is 0.00662. The Labute approximate surface area is 126 Å². The van der Waals surface area contributed by atoms with Gasteiger partial charge in [-0.3, -0.25) is 4.79 Å². The molecule has 1 fully saturated rings. The number of ether oxygens (including phenoxy) is 2. The standard InChI is InChI=1S/C16H24N2O3/c1-11-10-18(9-8-13(11)17-2)16(19)12-6-5-7-14(20-3)15(12)21-4/h5-7,11,13,17H,8-10H2,1-4H3. The maximum absolute atomic E-state index is 12.8. The number of carbonyl (C=O) groups is 1. The highest BCUT2D eigenvalue weighted by Crippen LogP contribution is 2.32. The van der Waals surface area contributed by atoms with Crippen LogP contribution in [0.2, 0.25) is 0 Å². The summed E-state index contributed by atoms with van der Waals surface area (Å²) in [6.45, 7) is 3.68. The summed E-state index contributed by atoms with van der Waals surface area (Å²) in [5.41, 5.74) is 0.562. The Kier molecular flexibility index (Phi) is 5.07. The van der Waals surface area contributed by atoms with Gasteiger partial charge in [-0.2, -0.15) is 0 Å². The lowest BCUT2D eigenvalue weighted by Gasteiger charge is -2.37. The zero-order chi connectivity index (χ0) is 15.4. The van der Waals surface area contributed by atoms with Gasteiger partial charge in [0, 0.05) is 19.1 Å². The normalized spacial score (nSPS) is 22.0. The third-order valence-electron chi connectivity index (χ3n) is 4.20. The number of hydrogen-bond donors (Lipinski definition) is 1. The molecule has 1 N–H and O–H groups in total. The minimum Gasteiger partial charge on any atom is -0.493 e. The number of amides is 1. The van der Waals surface area contributed by atoms with Crippen molar-refractivity contribution in [3.8, 4) is 11.5 Å². The van der Waals surface area contributed by atoms with Crippen LogP contribution in [0, 0.1) is 5.92 Å². The van der Waals surface area contributed by atoms with Crippen molar-refractivity contribution < 1.29 is 14.3 Å². The van der Waals surface area contributed by atoms with E-state index in [2.05, 4.69) is 12.2 Å². The van der Waals surface area contributed by atoms with Gasteiger partial charge in [0.1, 0.15) is 0 Å². The second-order valence-electron chi connectivity index (χ2n) is 5.45. The number of nitrogens with one attached hydrogen (secondary N) is 1. The van der Waals surface area contributed by atoms with E-state index in [1.54, 1.807) is 26.4 Å². The summed E-state index contributed by atoms with van der Waals surface area (Å²) < 4.78 is 10.6. The molecule has 2 atom stereocenters. The molecular formula is C16H24N2O3. The van der Waals surface area contributed by atoms with E-state index in [9.17, 15) is 4.79 Å². The smallest absolute Gasteiger partial charge is 0.257 e. The number of hydrogen-bond acceptors (Lipinski definition) is 4. The minimum absolute atomic E-state index is 0.00662. The molecule has 21 heavy (non-hydrogen) atoms. The first-order valence-electron chi connectivity index (χ1n) is 7.29. The molecule has 1 aliphatic heterocycles. The fourth-order valence-corrected chi connectivity index (χ4v) is 2.98. The van der Waals surface area contributed by atoms with Gasteiger partial charge in [0.15, 0.2) is 11.5 Å². The van der Waals surface area contributed by atoms with Gasteiger partial charge in [0.25, 0.3) is 5.91 Å². The van der Waals surface area contributed by atoms with E-state index < -0.39 is 0 Å². The van der Waals surface area contributed by atoms with Crippen molar-refractivity contribution >= 4 is 5.91 Å². The van der Waals surface area contributed by atoms with Crippen molar-refractivity contribution in [3.63, 3.8) is 0 Å². The molecule has 116 valence electrons. The van der Waals surface area contributed by atoms with Crippen molar-refractivity contribution in [1.29, 1.82) is 0 Å². The van der Waals surface area contributed by atoms with E-state index in [1.807, 2.05) is 18.0 Å². The Morgan fingerprint density at radius 1 is 1.33 bits per heavy atom. The zero-order valence-electron chi connectivity index (χ0n) is 13.2. The highest BCUT2D eigenvalue weighted by Gasteiger charge is 2.29. The zero-order valence-corrected chi connectivity index (χ0v) is 13.2. The second kappa shape index (κ2) is 6.80. The lowest BCUT2D eigenvalue weighted by atomic mass is 9.93. The van der Waals surface area contributed by atoms with Crippen LogP contribution in [-0.4, -0.2) is 51.2 Å². The van der Waals surface area contributed by atoms with Gasteiger partial charge in [-0.05, 0) is 31.5 Å². The topological polar surface area (TPSA) is 50.8 Å². The molecule has 0 saturated carbocycles. The number of likely N-dealkylation sites (tertiary alicyclic amines) is 1. The van der Waals surface area contributed by atoms with Crippen LogP contribution in [0.15, 0.2) is 18.2 Å². The summed E-state index contributed by atoms with van der Waals surface area (Å²) in [5.74, 6) is 1.53. The molecule has 1 aromatic carbocycles. The highest BCUT2D eigenvalue weighted by atomic mass is 16.5. The first-order chi connectivity index (χ1) is 10.1. The molecule has 1 aliphatic rings. The molecule has 1 saturated heterocycles. The van der Waals surface area contributed by atoms with Gasteiger partial charge in [-0.15, -0.1) is 0 Å². The Hall–Kier alpha value is -1.75. The fraction of sp³-hybridized carbons (Fsp3) is 0.562. The number of carbonyl (C=O) groups excluding carboxylic acids is 1. The second-order valence-corrected chi connectivity index (χ2v) is 5.45. The number of methoxy groups -OCH3 is 2. The molecule has 0 bridgehead atoms. The highest BCUT2D eigenvalue weighted by molar-refractivity contribution is 5.97. The third-order valence-corrected chi connectivity index (χ3v) is 4.20. The Morgan fingerprint density at radius 3 is 2.67 bits per heavy atom. The molecule has 2 rings (SSSR count). The maximum atomic E-state index is 12.8. The average molecular weight is 292 g/mol. The van der Waals surface area contributed by atoms with Crippen LogP contribution in [0.5, 0.6) is 11.5 Å². The number of piperidine rings is 1. The summed E-state index contributed by atoms with van der Waals surface area (Å²) in [6.07, 6.45) is 0.968. The van der Waals surface area contributed by atoms with Gasteiger partial charge in [0.2, 0.25) is 0 Å². The van der Waals surface area contributed by atoms with Gasteiger partial charge in [0.05, 0.1) is 19.8 Å². The van der Waals surface area contributed by atoms with E-state index in [0.29, 0.717) is 29.0 Å². The lowest BCUT2D eigenvalue weighted by molar-refractivity contribution is 0.0645. The number of benzene rings is 1. The first-order valence-corrected chi connectivity index (χ1v) is 7.29. The fourth-order valence-electron chi connectivity index (χ4n) is 2.98. The number of para-hydroxylation sites is 1. The molecule has 5 nitrogen and oxygen atoms in total. The van der Waals surface area contributed by atoms with E-state index in [-0.39, 0.29) is 5.91 Å². The van der Waals surface area contributed by atoms with Gasteiger partial charge >= 0.3 is 0 Å². The predicted molar refractivity (Wildman–Crippen MR) is 82.1 cm³/mol. The molecule has 1 heterocycles. The van der Waals surface area contributed by atoms with Gasteiger partial charge in [-0.25, -0.2) is 0 Å². The summed E-state index contributed by atoms with van der Waals surface area (Å²) in [4.78, 5) is 14.7. The van der Waals surface area contributed by atoms with Crippen LogP contribution in [0.25, 0.3) is 0 Å². The molecule has 0 aliphatic carbocycles. The largest absolute Gasteiger partial charge is 0.493 e.